The first-order valence-corrected chi connectivity index (χ1v) is 7.01. The van der Waals surface area contributed by atoms with Crippen molar-refractivity contribution in [2.75, 3.05) is 6.79 Å². The minimum Gasteiger partial charge on any atom is -0.454 e. The molecule has 2 aliphatic rings. The van der Waals surface area contributed by atoms with Gasteiger partial charge >= 0.3 is 0 Å². The van der Waals surface area contributed by atoms with E-state index in [4.69, 9.17) is 9.47 Å². The van der Waals surface area contributed by atoms with Crippen LogP contribution in [0.2, 0.25) is 0 Å². The molecule has 0 aromatic heterocycles. The molecule has 0 bridgehead atoms. The van der Waals surface area contributed by atoms with Crippen molar-refractivity contribution >= 4 is 11.8 Å². The Balaban J connectivity index is 1.98. The van der Waals surface area contributed by atoms with E-state index in [1.54, 1.807) is 6.07 Å². The van der Waals surface area contributed by atoms with Crippen molar-refractivity contribution < 1.29 is 14.4 Å². The molecule has 1 aromatic carbocycles. The average Bonchev–Trinajstić information content (AvgIpc) is 2.73. The van der Waals surface area contributed by atoms with E-state index in [0.717, 1.165) is 12.8 Å². The molecular weight excluding hydrogens is 258 g/mol. The number of ether oxygens (including phenoxy) is 2. The molecule has 0 atom stereocenters. The van der Waals surface area contributed by atoms with E-state index >= 15 is 0 Å². The zero-order chi connectivity index (χ0) is 13.9. The molecule has 0 radical (unpaired) electrons. The highest BCUT2D eigenvalue weighted by Gasteiger charge is 2.22. The van der Waals surface area contributed by atoms with Crippen molar-refractivity contribution in [1.82, 2.24) is 0 Å². The molecule has 3 rings (SSSR count). The van der Waals surface area contributed by atoms with Crippen LogP contribution in [0, 0.1) is 10.1 Å². The quantitative estimate of drug-likeness (QED) is 0.464. The third-order valence-electron chi connectivity index (χ3n) is 3.82. The third-order valence-corrected chi connectivity index (χ3v) is 3.82. The topological polar surface area (TPSA) is 61.6 Å². The molecule has 0 saturated heterocycles. The number of allylic oxidation sites excluding steroid dienone is 1. The van der Waals surface area contributed by atoms with Crippen LogP contribution in [0.1, 0.15) is 44.1 Å². The molecule has 5 heteroatoms. The number of nitro benzene ring substituents is 1. The van der Waals surface area contributed by atoms with E-state index in [2.05, 4.69) is 0 Å². The van der Waals surface area contributed by atoms with Crippen molar-refractivity contribution in [2.45, 2.75) is 38.5 Å². The fourth-order valence-electron chi connectivity index (χ4n) is 2.77. The molecule has 0 N–H and O–H groups in total. The summed E-state index contributed by atoms with van der Waals surface area (Å²) < 4.78 is 10.5. The molecule has 1 aliphatic carbocycles. The van der Waals surface area contributed by atoms with Crippen molar-refractivity contribution in [1.29, 1.82) is 0 Å². The number of benzene rings is 1. The number of nitrogens with zero attached hydrogens (tertiary/aromatic N) is 1. The molecule has 20 heavy (non-hydrogen) atoms. The zero-order valence-electron chi connectivity index (χ0n) is 11.3. The van der Waals surface area contributed by atoms with Gasteiger partial charge in [-0.1, -0.05) is 18.4 Å². The molecule has 1 heterocycles. The van der Waals surface area contributed by atoms with Crippen LogP contribution < -0.4 is 9.47 Å². The number of fused-ring (bicyclic) bond motifs is 1. The van der Waals surface area contributed by atoms with E-state index < -0.39 is 0 Å². The Kier molecular flexibility index (Phi) is 3.58. The lowest BCUT2D eigenvalue weighted by atomic mass is 10.0. The Bertz CT molecular complexity index is 555. The van der Waals surface area contributed by atoms with Gasteiger partial charge in [-0.25, -0.2) is 0 Å². The van der Waals surface area contributed by atoms with Crippen LogP contribution in [0.3, 0.4) is 0 Å². The standard InChI is InChI=1S/C15H17NO4/c17-16(18)13-9-15-14(19-10-20-15)8-12(13)7-11-5-3-1-2-4-6-11/h7-9H,1-6,10H2. The fourth-order valence-corrected chi connectivity index (χ4v) is 2.77. The van der Waals surface area contributed by atoms with Gasteiger partial charge in [-0.3, -0.25) is 10.1 Å². The molecule has 1 fully saturated rings. The summed E-state index contributed by atoms with van der Waals surface area (Å²) in [4.78, 5) is 10.9. The molecule has 0 spiro atoms. The Hall–Kier alpha value is -2.04. The largest absolute Gasteiger partial charge is 0.454 e. The van der Waals surface area contributed by atoms with Gasteiger partial charge in [0.05, 0.1) is 16.6 Å². The van der Waals surface area contributed by atoms with Gasteiger partial charge in [0.1, 0.15) is 0 Å². The second kappa shape index (κ2) is 5.53. The van der Waals surface area contributed by atoms with E-state index in [1.165, 1.54) is 37.3 Å². The van der Waals surface area contributed by atoms with Crippen LogP contribution in [0.5, 0.6) is 11.5 Å². The molecule has 106 valence electrons. The summed E-state index contributed by atoms with van der Waals surface area (Å²) in [5, 5.41) is 11.2. The second-order valence-electron chi connectivity index (χ2n) is 5.24. The Morgan fingerprint density at radius 1 is 1.05 bits per heavy atom. The van der Waals surface area contributed by atoms with Crippen LogP contribution in [-0.2, 0) is 0 Å². The van der Waals surface area contributed by atoms with Gasteiger partial charge in [-0.05, 0) is 37.8 Å². The zero-order valence-corrected chi connectivity index (χ0v) is 11.3. The van der Waals surface area contributed by atoms with Gasteiger partial charge in [0.25, 0.3) is 5.69 Å². The van der Waals surface area contributed by atoms with E-state index in [9.17, 15) is 10.1 Å². The molecule has 1 aliphatic heterocycles. The first-order valence-electron chi connectivity index (χ1n) is 7.01. The molecule has 5 nitrogen and oxygen atoms in total. The van der Waals surface area contributed by atoms with Crippen LogP contribution in [-0.4, -0.2) is 11.7 Å². The monoisotopic (exact) mass is 275 g/mol. The average molecular weight is 275 g/mol. The summed E-state index contributed by atoms with van der Waals surface area (Å²) in [7, 11) is 0. The summed E-state index contributed by atoms with van der Waals surface area (Å²) in [5.74, 6) is 1.05. The summed E-state index contributed by atoms with van der Waals surface area (Å²) >= 11 is 0. The summed E-state index contributed by atoms with van der Waals surface area (Å²) in [6, 6.07) is 3.18. The predicted molar refractivity (Wildman–Crippen MR) is 74.9 cm³/mol. The summed E-state index contributed by atoms with van der Waals surface area (Å²) in [6.45, 7) is 0.131. The number of rotatable bonds is 2. The maximum absolute atomic E-state index is 11.2. The van der Waals surface area contributed by atoms with Gasteiger partial charge in [-0.2, -0.15) is 0 Å². The number of nitro groups is 1. The van der Waals surface area contributed by atoms with E-state index in [-0.39, 0.29) is 17.4 Å². The highest BCUT2D eigenvalue weighted by molar-refractivity contribution is 5.68. The van der Waals surface area contributed by atoms with E-state index in [0.29, 0.717) is 17.1 Å². The molecular formula is C15H17NO4. The number of hydrogen-bond acceptors (Lipinski definition) is 4. The lowest BCUT2D eigenvalue weighted by Crippen LogP contribution is -1.93. The molecule has 1 aromatic rings. The van der Waals surface area contributed by atoms with Gasteiger partial charge in [0.2, 0.25) is 6.79 Å². The van der Waals surface area contributed by atoms with Crippen LogP contribution in [0.25, 0.3) is 6.08 Å². The minimum atomic E-state index is -0.356. The number of hydrogen-bond donors (Lipinski definition) is 0. The summed E-state index contributed by atoms with van der Waals surface area (Å²) in [6.07, 6.45) is 8.87. The molecule has 0 unspecified atom stereocenters. The molecule has 1 saturated carbocycles. The van der Waals surface area contributed by atoms with Crippen LogP contribution in [0.4, 0.5) is 5.69 Å². The SMILES string of the molecule is O=[N+]([O-])c1cc2c(cc1C=C1CCCCCC1)OCO2. The Morgan fingerprint density at radius 2 is 1.70 bits per heavy atom. The van der Waals surface area contributed by atoms with Crippen molar-refractivity contribution in [3.63, 3.8) is 0 Å². The maximum Gasteiger partial charge on any atom is 0.280 e. The second-order valence-corrected chi connectivity index (χ2v) is 5.24. The fraction of sp³-hybridized carbons (Fsp3) is 0.467. The van der Waals surface area contributed by atoms with Gasteiger partial charge < -0.3 is 9.47 Å². The van der Waals surface area contributed by atoms with Crippen LogP contribution in [0.15, 0.2) is 17.7 Å². The summed E-state index contributed by atoms with van der Waals surface area (Å²) in [5.41, 5.74) is 2.01. The smallest absolute Gasteiger partial charge is 0.280 e. The normalized spacial score (nSPS) is 17.7. The van der Waals surface area contributed by atoms with Gasteiger partial charge in [-0.15, -0.1) is 0 Å². The van der Waals surface area contributed by atoms with Crippen molar-refractivity contribution in [3.05, 3.63) is 33.4 Å². The first kappa shape index (κ1) is 13.0. The minimum absolute atomic E-state index is 0.0889. The Labute approximate surface area is 117 Å². The highest BCUT2D eigenvalue weighted by Crippen LogP contribution is 2.39. The predicted octanol–water partition coefficient (Wildman–Crippen LogP) is 4.06. The highest BCUT2D eigenvalue weighted by atomic mass is 16.7. The van der Waals surface area contributed by atoms with E-state index in [1.807, 2.05) is 6.08 Å². The third kappa shape index (κ3) is 2.61. The van der Waals surface area contributed by atoms with Gasteiger partial charge in [0, 0.05) is 0 Å². The lowest BCUT2D eigenvalue weighted by molar-refractivity contribution is -0.385. The van der Waals surface area contributed by atoms with Crippen molar-refractivity contribution in [2.24, 2.45) is 0 Å². The molecule has 0 amide bonds. The maximum atomic E-state index is 11.2. The first-order chi connectivity index (χ1) is 9.74. The van der Waals surface area contributed by atoms with Crippen LogP contribution >= 0.6 is 0 Å². The Morgan fingerprint density at radius 3 is 2.35 bits per heavy atom. The van der Waals surface area contributed by atoms with Crippen molar-refractivity contribution in [3.8, 4) is 11.5 Å². The van der Waals surface area contributed by atoms with Gasteiger partial charge in [0.15, 0.2) is 11.5 Å². The lowest BCUT2D eigenvalue weighted by Gasteiger charge is -2.05.